The second-order valence-electron chi connectivity index (χ2n) is 5.78. The smallest absolute Gasteiger partial charge is 0.290 e. The van der Waals surface area contributed by atoms with Gasteiger partial charge in [0, 0.05) is 29.9 Å². The van der Waals surface area contributed by atoms with Gasteiger partial charge >= 0.3 is 0 Å². The van der Waals surface area contributed by atoms with Gasteiger partial charge in [0.25, 0.3) is 6.47 Å². The first kappa shape index (κ1) is 17.7. The Labute approximate surface area is 144 Å². The second-order valence-corrected chi connectivity index (χ2v) is 7.19. The molecule has 1 unspecified atom stereocenters. The van der Waals surface area contributed by atoms with Crippen molar-refractivity contribution in [3.05, 3.63) is 35.5 Å². The molecule has 124 valence electrons. The molecule has 1 aliphatic heterocycles. The first-order valence-corrected chi connectivity index (χ1v) is 8.46. The quantitative estimate of drug-likeness (QED) is 0.827. The number of hydrogen-bond donors (Lipinski definition) is 2. The molecule has 1 aromatic heterocycles. The molecule has 3 rings (SSSR count). The number of benzene rings is 1. The summed E-state index contributed by atoms with van der Waals surface area (Å²) < 4.78 is 0. The minimum atomic E-state index is -0.250. The Bertz CT molecular complexity index is 664. The molecule has 1 aromatic carbocycles. The predicted octanol–water partition coefficient (Wildman–Crippen LogP) is 3.34. The minimum absolute atomic E-state index is 0.218. The summed E-state index contributed by atoms with van der Waals surface area (Å²) in [6.45, 7) is 4.74. The van der Waals surface area contributed by atoms with E-state index in [-0.39, 0.29) is 11.9 Å². The van der Waals surface area contributed by atoms with Gasteiger partial charge in [-0.3, -0.25) is 4.79 Å². The third-order valence-corrected chi connectivity index (χ3v) is 5.37. The molecule has 0 aliphatic carbocycles. The highest BCUT2D eigenvalue weighted by molar-refractivity contribution is 7.19. The van der Waals surface area contributed by atoms with Gasteiger partial charge in [-0.2, -0.15) is 0 Å². The van der Waals surface area contributed by atoms with Crippen LogP contribution in [-0.2, 0) is 4.79 Å². The zero-order valence-corrected chi connectivity index (χ0v) is 14.5. The number of aromatic nitrogens is 1. The van der Waals surface area contributed by atoms with E-state index in [0.717, 1.165) is 46.6 Å². The lowest BCUT2D eigenvalue weighted by Gasteiger charge is -2.21. The fraction of sp³-hybridized carbons (Fsp3) is 0.375. The van der Waals surface area contributed by atoms with E-state index in [4.69, 9.17) is 27.2 Å². The van der Waals surface area contributed by atoms with E-state index in [2.05, 4.69) is 16.8 Å². The molecule has 2 heterocycles. The molecule has 1 saturated heterocycles. The SMILES string of the molecule is CC1(CN)CCN(c2ncc(-c3ccccc3Cl)s2)C1.O=CO. The van der Waals surface area contributed by atoms with E-state index in [0.29, 0.717) is 0 Å². The lowest BCUT2D eigenvalue weighted by molar-refractivity contribution is -0.122. The van der Waals surface area contributed by atoms with Gasteiger partial charge in [0.2, 0.25) is 0 Å². The highest BCUT2D eigenvalue weighted by Gasteiger charge is 2.33. The lowest BCUT2D eigenvalue weighted by atomic mass is 9.90. The van der Waals surface area contributed by atoms with Gasteiger partial charge in [-0.15, -0.1) is 0 Å². The van der Waals surface area contributed by atoms with Crippen LogP contribution in [0, 0.1) is 5.41 Å². The molecule has 1 aliphatic rings. The fourth-order valence-electron chi connectivity index (χ4n) is 2.55. The standard InChI is InChI=1S/C15H18ClN3S.CH2O2/c1-15(9-17)6-7-19(10-15)14-18-8-13(20-14)11-4-2-3-5-12(11)16;2-1-3/h2-5,8H,6-7,9-10,17H2,1H3;1H,(H,2,3). The third kappa shape index (κ3) is 4.22. The summed E-state index contributed by atoms with van der Waals surface area (Å²) in [6.07, 6.45) is 3.05. The molecule has 0 radical (unpaired) electrons. The Morgan fingerprint density at radius 2 is 2.22 bits per heavy atom. The van der Waals surface area contributed by atoms with E-state index in [1.807, 2.05) is 30.5 Å². The van der Waals surface area contributed by atoms with Gasteiger partial charge in [0.15, 0.2) is 5.13 Å². The second kappa shape index (κ2) is 7.77. The Hall–Kier alpha value is -1.63. The van der Waals surface area contributed by atoms with Crippen molar-refractivity contribution < 1.29 is 9.90 Å². The Morgan fingerprint density at radius 3 is 2.83 bits per heavy atom. The zero-order chi connectivity index (χ0) is 16.9. The highest BCUT2D eigenvalue weighted by atomic mass is 35.5. The minimum Gasteiger partial charge on any atom is -0.483 e. The van der Waals surface area contributed by atoms with Crippen LogP contribution < -0.4 is 10.6 Å². The van der Waals surface area contributed by atoms with Gasteiger partial charge in [0.05, 0.1) is 4.88 Å². The number of hydrogen-bond acceptors (Lipinski definition) is 5. The Balaban J connectivity index is 0.000000595. The van der Waals surface area contributed by atoms with Crippen LogP contribution in [0.25, 0.3) is 10.4 Å². The van der Waals surface area contributed by atoms with Crippen LogP contribution in [0.4, 0.5) is 5.13 Å². The van der Waals surface area contributed by atoms with Crippen molar-refractivity contribution in [2.45, 2.75) is 13.3 Å². The maximum atomic E-state index is 8.36. The average molecular weight is 354 g/mol. The third-order valence-electron chi connectivity index (χ3n) is 3.95. The Morgan fingerprint density at radius 1 is 1.52 bits per heavy atom. The number of carboxylic acid groups (broad SMARTS) is 1. The van der Waals surface area contributed by atoms with E-state index >= 15 is 0 Å². The largest absolute Gasteiger partial charge is 0.483 e. The molecule has 0 bridgehead atoms. The van der Waals surface area contributed by atoms with Crippen molar-refractivity contribution in [3.8, 4) is 10.4 Å². The van der Waals surface area contributed by atoms with Gasteiger partial charge in [0.1, 0.15) is 0 Å². The average Bonchev–Trinajstić information content (AvgIpc) is 3.16. The summed E-state index contributed by atoms with van der Waals surface area (Å²) in [6, 6.07) is 7.90. The number of rotatable bonds is 3. The molecule has 2 aromatic rings. The van der Waals surface area contributed by atoms with Crippen molar-refractivity contribution in [2.75, 3.05) is 24.5 Å². The number of thiazole rings is 1. The first-order chi connectivity index (χ1) is 11.0. The van der Waals surface area contributed by atoms with Gasteiger partial charge < -0.3 is 15.7 Å². The van der Waals surface area contributed by atoms with Crippen LogP contribution in [0.1, 0.15) is 13.3 Å². The van der Waals surface area contributed by atoms with Crippen molar-refractivity contribution >= 4 is 34.5 Å². The molecule has 0 amide bonds. The first-order valence-electron chi connectivity index (χ1n) is 7.26. The molecule has 5 nitrogen and oxygen atoms in total. The van der Waals surface area contributed by atoms with E-state index in [9.17, 15) is 0 Å². The summed E-state index contributed by atoms with van der Waals surface area (Å²) in [7, 11) is 0. The summed E-state index contributed by atoms with van der Waals surface area (Å²) >= 11 is 7.94. The van der Waals surface area contributed by atoms with Crippen molar-refractivity contribution in [3.63, 3.8) is 0 Å². The molecule has 23 heavy (non-hydrogen) atoms. The lowest BCUT2D eigenvalue weighted by Crippen LogP contribution is -2.31. The molecular formula is C16H20ClN3O2S. The molecule has 0 saturated carbocycles. The summed E-state index contributed by atoms with van der Waals surface area (Å²) in [5.74, 6) is 0. The van der Waals surface area contributed by atoms with Crippen molar-refractivity contribution in [1.29, 1.82) is 0 Å². The van der Waals surface area contributed by atoms with Crippen LogP contribution in [0.15, 0.2) is 30.5 Å². The van der Waals surface area contributed by atoms with Crippen LogP contribution in [0.3, 0.4) is 0 Å². The van der Waals surface area contributed by atoms with Crippen molar-refractivity contribution in [1.82, 2.24) is 4.98 Å². The van der Waals surface area contributed by atoms with E-state index < -0.39 is 0 Å². The van der Waals surface area contributed by atoms with Gasteiger partial charge in [-0.25, -0.2) is 4.98 Å². The van der Waals surface area contributed by atoms with Crippen LogP contribution in [0.5, 0.6) is 0 Å². The topological polar surface area (TPSA) is 79.5 Å². The monoisotopic (exact) mass is 353 g/mol. The van der Waals surface area contributed by atoms with E-state index in [1.165, 1.54) is 0 Å². The number of halogens is 1. The maximum Gasteiger partial charge on any atom is 0.290 e. The van der Waals surface area contributed by atoms with Crippen molar-refractivity contribution in [2.24, 2.45) is 11.1 Å². The molecular weight excluding hydrogens is 334 g/mol. The van der Waals surface area contributed by atoms with Gasteiger partial charge in [-0.1, -0.05) is 48.1 Å². The van der Waals surface area contributed by atoms with Crippen LogP contribution >= 0.6 is 22.9 Å². The number of anilines is 1. The number of nitrogens with two attached hydrogens (primary N) is 1. The summed E-state index contributed by atoms with van der Waals surface area (Å²) in [5.41, 5.74) is 7.14. The highest BCUT2D eigenvalue weighted by Crippen LogP contribution is 2.38. The molecule has 3 N–H and O–H groups in total. The van der Waals surface area contributed by atoms with E-state index in [1.54, 1.807) is 11.3 Å². The van der Waals surface area contributed by atoms with Crippen LogP contribution in [0.2, 0.25) is 5.02 Å². The number of carbonyl (C=O) groups is 1. The molecule has 7 heteroatoms. The van der Waals surface area contributed by atoms with Gasteiger partial charge in [-0.05, 0) is 24.4 Å². The molecule has 0 spiro atoms. The zero-order valence-electron chi connectivity index (χ0n) is 12.9. The molecule has 1 atom stereocenters. The fourth-order valence-corrected chi connectivity index (χ4v) is 3.82. The summed E-state index contributed by atoms with van der Waals surface area (Å²) in [5, 5.41) is 8.73. The summed E-state index contributed by atoms with van der Waals surface area (Å²) in [4.78, 5) is 16.4. The molecule has 1 fully saturated rings. The van der Waals surface area contributed by atoms with Crippen LogP contribution in [-0.4, -0.2) is 36.2 Å². The Kier molecular flexibility index (Phi) is 5.98. The normalized spacial score (nSPS) is 20.0. The number of nitrogens with zero attached hydrogens (tertiary/aromatic N) is 2. The maximum absolute atomic E-state index is 8.36. The predicted molar refractivity (Wildman–Crippen MR) is 95.2 cm³/mol.